The van der Waals surface area contributed by atoms with Gasteiger partial charge in [-0.2, -0.15) is 0 Å². The molecule has 0 unspecified atom stereocenters. The van der Waals surface area contributed by atoms with Crippen molar-refractivity contribution in [3.63, 3.8) is 0 Å². The lowest BCUT2D eigenvalue weighted by atomic mass is 10.1. The molecular weight excluding hydrogens is 543 g/mol. The van der Waals surface area contributed by atoms with Crippen molar-refractivity contribution >= 4 is 74.9 Å². The van der Waals surface area contributed by atoms with Crippen molar-refractivity contribution in [3.05, 3.63) is 106 Å². The molecule has 0 saturated carbocycles. The Morgan fingerprint density at radius 1 is 0.921 bits per heavy atom. The van der Waals surface area contributed by atoms with E-state index in [0.29, 0.717) is 23.7 Å². The van der Waals surface area contributed by atoms with Crippen LogP contribution in [0, 0.1) is 0 Å². The van der Waals surface area contributed by atoms with E-state index in [1.807, 2.05) is 18.2 Å². The van der Waals surface area contributed by atoms with Crippen LogP contribution in [-0.4, -0.2) is 24.0 Å². The number of halogens is 2. The van der Waals surface area contributed by atoms with E-state index in [1.165, 1.54) is 13.2 Å². The van der Waals surface area contributed by atoms with Crippen LogP contribution in [0.5, 0.6) is 11.5 Å². The first-order valence-electron chi connectivity index (χ1n) is 11.5. The van der Waals surface area contributed by atoms with Gasteiger partial charge in [0, 0.05) is 0 Å². The van der Waals surface area contributed by atoms with Crippen LogP contribution in [0.4, 0.5) is 5.69 Å². The summed E-state index contributed by atoms with van der Waals surface area (Å²) in [5.41, 5.74) is 1.72. The number of ether oxygens (including phenoxy) is 2. The molecule has 1 saturated heterocycles. The molecule has 0 spiro atoms. The lowest BCUT2D eigenvalue weighted by Gasteiger charge is -2.29. The first kappa shape index (κ1) is 25.7. The monoisotopic (exact) mass is 562 g/mol. The van der Waals surface area contributed by atoms with Crippen LogP contribution in [0.2, 0.25) is 10.0 Å². The van der Waals surface area contributed by atoms with E-state index in [9.17, 15) is 9.59 Å². The van der Waals surface area contributed by atoms with Crippen LogP contribution in [0.1, 0.15) is 11.1 Å². The van der Waals surface area contributed by atoms with Crippen LogP contribution in [0.3, 0.4) is 0 Å². The van der Waals surface area contributed by atoms with Gasteiger partial charge in [-0.3, -0.25) is 19.8 Å². The summed E-state index contributed by atoms with van der Waals surface area (Å²) in [6, 6.07) is 24.2. The molecule has 1 fully saturated rings. The molecule has 0 aromatic heterocycles. The molecule has 4 aromatic rings. The maximum absolute atomic E-state index is 13.3. The standard InChI is InChI=1S/C29H20Cl2N2O4S/c1-36-25-15-17(10-12-24(25)37-16-18-9-11-19-5-2-3-6-20(19)13-18)14-21-27(34)32-29(38)33(28(21)35)23-8-4-7-22(30)26(23)31/h2-15H,16H2,1H3,(H,32,34,38)/b21-14+. The largest absolute Gasteiger partial charge is 0.493 e. The number of rotatable bonds is 6. The number of anilines is 1. The van der Waals surface area contributed by atoms with Crippen molar-refractivity contribution in [2.24, 2.45) is 0 Å². The molecule has 2 amide bonds. The number of thiocarbonyl (C=S) groups is 1. The van der Waals surface area contributed by atoms with Gasteiger partial charge in [-0.05, 0) is 70.5 Å². The van der Waals surface area contributed by atoms with Crippen LogP contribution in [0.15, 0.2) is 84.4 Å². The van der Waals surface area contributed by atoms with E-state index in [4.69, 9.17) is 44.9 Å². The van der Waals surface area contributed by atoms with Crippen molar-refractivity contribution in [3.8, 4) is 11.5 Å². The Morgan fingerprint density at radius 2 is 1.71 bits per heavy atom. The van der Waals surface area contributed by atoms with Gasteiger partial charge in [0.15, 0.2) is 16.6 Å². The molecule has 190 valence electrons. The zero-order chi connectivity index (χ0) is 26.8. The first-order chi connectivity index (χ1) is 18.4. The van der Waals surface area contributed by atoms with Crippen LogP contribution in [0.25, 0.3) is 16.8 Å². The summed E-state index contributed by atoms with van der Waals surface area (Å²) in [6.07, 6.45) is 1.46. The summed E-state index contributed by atoms with van der Waals surface area (Å²) in [5.74, 6) is -0.270. The van der Waals surface area contributed by atoms with Gasteiger partial charge in [-0.15, -0.1) is 0 Å². The minimum Gasteiger partial charge on any atom is -0.493 e. The zero-order valence-electron chi connectivity index (χ0n) is 20.0. The third-order valence-corrected chi connectivity index (χ3v) is 7.07. The lowest BCUT2D eigenvalue weighted by molar-refractivity contribution is -0.122. The van der Waals surface area contributed by atoms with Crippen molar-refractivity contribution in [2.45, 2.75) is 6.61 Å². The van der Waals surface area contributed by atoms with Crippen LogP contribution < -0.4 is 19.7 Å². The number of nitrogens with one attached hydrogen (secondary N) is 1. The average Bonchev–Trinajstić information content (AvgIpc) is 2.92. The molecule has 0 bridgehead atoms. The highest BCUT2D eigenvalue weighted by Gasteiger charge is 2.35. The Kier molecular flexibility index (Phi) is 7.33. The number of hydrogen-bond donors (Lipinski definition) is 1. The smallest absolute Gasteiger partial charge is 0.270 e. The molecule has 5 rings (SSSR count). The second-order valence-electron chi connectivity index (χ2n) is 8.41. The Morgan fingerprint density at radius 3 is 2.50 bits per heavy atom. The normalized spacial score (nSPS) is 14.7. The molecule has 1 aliphatic rings. The van der Waals surface area contributed by atoms with E-state index in [-0.39, 0.29) is 26.4 Å². The van der Waals surface area contributed by atoms with E-state index < -0.39 is 11.8 Å². The van der Waals surface area contributed by atoms with Gasteiger partial charge < -0.3 is 9.47 Å². The summed E-state index contributed by atoms with van der Waals surface area (Å²) in [4.78, 5) is 27.2. The second-order valence-corrected chi connectivity index (χ2v) is 9.58. The zero-order valence-corrected chi connectivity index (χ0v) is 22.4. The van der Waals surface area contributed by atoms with Gasteiger partial charge >= 0.3 is 0 Å². The number of methoxy groups -OCH3 is 1. The quantitative estimate of drug-likeness (QED) is 0.163. The van der Waals surface area contributed by atoms with Gasteiger partial charge in [0.05, 0.1) is 22.8 Å². The average molecular weight is 563 g/mol. The fourth-order valence-electron chi connectivity index (χ4n) is 4.09. The first-order valence-corrected chi connectivity index (χ1v) is 12.7. The molecule has 1 aliphatic heterocycles. The predicted molar refractivity (Wildman–Crippen MR) is 154 cm³/mol. The highest BCUT2D eigenvalue weighted by molar-refractivity contribution is 7.80. The molecule has 0 radical (unpaired) electrons. The van der Waals surface area contributed by atoms with E-state index >= 15 is 0 Å². The summed E-state index contributed by atoms with van der Waals surface area (Å²) < 4.78 is 11.5. The molecule has 0 aliphatic carbocycles. The Labute approximate surface area is 234 Å². The van der Waals surface area contributed by atoms with Gasteiger partial charge in [-0.1, -0.05) is 71.7 Å². The van der Waals surface area contributed by atoms with Crippen molar-refractivity contribution in [1.29, 1.82) is 0 Å². The molecule has 0 atom stereocenters. The number of nitrogens with zero attached hydrogens (tertiary/aromatic N) is 1. The maximum atomic E-state index is 13.3. The van der Waals surface area contributed by atoms with E-state index in [0.717, 1.165) is 21.2 Å². The Balaban J connectivity index is 1.40. The highest BCUT2D eigenvalue weighted by atomic mass is 35.5. The lowest BCUT2D eigenvalue weighted by Crippen LogP contribution is -2.54. The Bertz CT molecular complexity index is 1640. The van der Waals surface area contributed by atoms with Crippen molar-refractivity contribution < 1.29 is 19.1 Å². The third-order valence-electron chi connectivity index (χ3n) is 5.98. The molecule has 1 N–H and O–H groups in total. The third kappa shape index (κ3) is 5.09. The summed E-state index contributed by atoms with van der Waals surface area (Å²) in [7, 11) is 1.52. The minimum absolute atomic E-state index is 0.0867. The van der Waals surface area contributed by atoms with E-state index in [1.54, 1.807) is 36.4 Å². The van der Waals surface area contributed by atoms with Crippen molar-refractivity contribution in [1.82, 2.24) is 5.32 Å². The topological polar surface area (TPSA) is 67.9 Å². The Hall–Kier alpha value is -3.91. The summed E-state index contributed by atoms with van der Waals surface area (Å²) in [6.45, 7) is 0.343. The molecule has 4 aromatic carbocycles. The van der Waals surface area contributed by atoms with E-state index in [2.05, 4.69) is 29.6 Å². The fraction of sp³-hybridized carbons (Fsp3) is 0.0690. The maximum Gasteiger partial charge on any atom is 0.270 e. The van der Waals surface area contributed by atoms with Gasteiger partial charge in [0.1, 0.15) is 12.2 Å². The minimum atomic E-state index is -0.626. The summed E-state index contributed by atoms with van der Waals surface area (Å²) in [5, 5.41) is 5.14. The summed E-state index contributed by atoms with van der Waals surface area (Å²) >= 11 is 17.7. The van der Waals surface area contributed by atoms with Gasteiger partial charge in [-0.25, -0.2) is 0 Å². The molecule has 6 nitrogen and oxygen atoms in total. The number of fused-ring (bicyclic) bond motifs is 1. The van der Waals surface area contributed by atoms with Gasteiger partial charge in [0.25, 0.3) is 11.8 Å². The molecule has 1 heterocycles. The molecule has 38 heavy (non-hydrogen) atoms. The fourth-order valence-corrected chi connectivity index (χ4v) is 4.74. The molecular formula is C29H20Cl2N2O4S. The number of hydrogen-bond acceptors (Lipinski definition) is 5. The highest BCUT2D eigenvalue weighted by Crippen LogP contribution is 2.35. The number of amides is 2. The number of carbonyl (C=O) groups is 2. The SMILES string of the molecule is COc1cc(/C=C2\C(=O)NC(=S)N(c3cccc(Cl)c3Cl)C2=O)ccc1OCc1ccc2ccccc2c1. The van der Waals surface area contributed by atoms with Crippen LogP contribution >= 0.6 is 35.4 Å². The van der Waals surface area contributed by atoms with Crippen LogP contribution in [-0.2, 0) is 16.2 Å². The predicted octanol–water partition coefficient (Wildman–Crippen LogP) is 6.57. The van der Waals surface area contributed by atoms with Crippen molar-refractivity contribution in [2.75, 3.05) is 12.0 Å². The molecule has 9 heteroatoms. The van der Waals surface area contributed by atoms with Gasteiger partial charge in [0.2, 0.25) is 0 Å². The number of benzene rings is 4. The second kappa shape index (κ2) is 10.8. The number of carbonyl (C=O) groups excluding carboxylic acids is 2.